The van der Waals surface area contributed by atoms with E-state index in [1.807, 2.05) is 105 Å². The Morgan fingerprint density at radius 1 is 0.792 bits per heavy atom. The van der Waals surface area contributed by atoms with Gasteiger partial charge < -0.3 is 15.8 Å². The van der Waals surface area contributed by atoms with E-state index < -0.39 is 0 Å². The zero-order chi connectivity index (χ0) is 17.6. The smallest absolute Gasteiger partial charge is 0.768 e. The van der Waals surface area contributed by atoms with Crippen molar-refractivity contribution >= 4 is 6.29 Å². The predicted molar refractivity (Wildman–Crippen MR) is 99.4 cm³/mol. The van der Waals surface area contributed by atoms with E-state index in [-0.39, 0.29) is 31.7 Å². The summed E-state index contributed by atoms with van der Waals surface area (Å²) in [6.45, 7) is 10.0. The minimum Gasteiger partial charge on any atom is -0.768 e. The Labute approximate surface area is 170 Å². The van der Waals surface area contributed by atoms with Crippen LogP contribution in [0, 0.1) is 64.2 Å². The van der Waals surface area contributed by atoms with Gasteiger partial charge in [-0.2, -0.15) is 0 Å². The second kappa shape index (κ2) is 16.6. The fourth-order valence-corrected chi connectivity index (χ4v) is 1.74. The van der Waals surface area contributed by atoms with Crippen molar-refractivity contribution in [2.45, 2.75) is 53.0 Å². The molecule has 0 heterocycles. The molecule has 2 aliphatic carbocycles. The van der Waals surface area contributed by atoms with E-state index in [0.29, 0.717) is 12.0 Å². The zero-order valence-corrected chi connectivity index (χ0v) is 18.0. The molecular formula is C21H29NOZr+2. The summed E-state index contributed by atoms with van der Waals surface area (Å²) in [5.41, 5.74) is 1.49. The van der Waals surface area contributed by atoms with Gasteiger partial charge in [-0.25, -0.2) is 5.57 Å². The van der Waals surface area contributed by atoms with E-state index in [4.69, 9.17) is 0 Å². The summed E-state index contributed by atoms with van der Waals surface area (Å²) < 4.78 is 0. The van der Waals surface area contributed by atoms with Crippen molar-refractivity contribution in [3.05, 3.63) is 80.8 Å². The van der Waals surface area contributed by atoms with Gasteiger partial charge in [0.05, 0.1) is 0 Å². The topological polar surface area (TPSA) is 31.2 Å². The van der Waals surface area contributed by atoms with E-state index in [0.717, 1.165) is 12.1 Å². The van der Waals surface area contributed by atoms with Gasteiger partial charge in [-0.15, -0.1) is 12.0 Å². The monoisotopic (exact) mass is 401 g/mol. The van der Waals surface area contributed by atoms with Crippen LogP contribution in [0.1, 0.15) is 47.5 Å². The van der Waals surface area contributed by atoms with E-state index in [1.54, 1.807) is 0 Å². The molecule has 2 saturated carbocycles. The first-order valence-corrected chi connectivity index (χ1v) is 8.11. The van der Waals surface area contributed by atoms with Gasteiger partial charge in [-0.1, -0.05) is 41.0 Å². The molecule has 0 atom stereocenters. The van der Waals surface area contributed by atoms with Crippen LogP contribution in [0.25, 0.3) is 5.32 Å². The first kappa shape index (κ1) is 26.3. The van der Waals surface area contributed by atoms with Crippen LogP contribution in [0.15, 0.2) is 11.3 Å². The molecule has 24 heavy (non-hydrogen) atoms. The fourth-order valence-electron chi connectivity index (χ4n) is 1.74. The predicted octanol–water partition coefficient (Wildman–Crippen LogP) is 5.38. The molecule has 2 fully saturated rings. The molecule has 10 radical (unpaired) electrons. The van der Waals surface area contributed by atoms with Crippen molar-refractivity contribution in [2.75, 3.05) is 0 Å². The van der Waals surface area contributed by atoms with E-state index in [9.17, 15) is 4.79 Å². The molecule has 0 spiro atoms. The van der Waals surface area contributed by atoms with Crippen LogP contribution in [0.2, 0.25) is 0 Å². The summed E-state index contributed by atoms with van der Waals surface area (Å²) in [5, 5.41) is 4.49. The summed E-state index contributed by atoms with van der Waals surface area (Å²) in [7, 11) is 0. The standard InChI is InChI=1S/C11H19NO.2C5H5.Zr/c1-6-9(8-13)10(7-2)12-11(3,4)5;2*1-2-4-5-3-1;/h6-7H2,1-5H3;2*1-5H;/q-2;;;+4/b10-9-;;;. The number of nitrogens with zero attached hydrogens (tertiary/aromatic N) is 1. The Morgan fingerprint density at radius 3 is 1.29 bits per heavy atom. The maximum atomic E-state index is 10.6. The Hall–Kier alpha value is 0.0931. The van der Waals surface area contributed by atoms with Crippen LogP contribution in [0.5, 0.6) is 0 Å². The normalized spacial score (nSPS) is 17.4. The molecule has 0 amide bonds. The third-order valence-electron chi connectivity index (χ3n) is 2.74. The van der Waals surface area contributed by atoms with Gasteiger partial charge in [0.1, 0.15) is 0 Å². The second-order valence-corrected chi connectivity index (χ2v) is 5.94. The number of hydrogen-bond acceptors (Lipinski definition) is 1. The first-order chi connectivity index (χ1) is 10.9. The number of carbonyl (C=O) groups excluding carboxylic acids is 1. The van der Waals surface area contributed by atoms with Gasteiger partial charge in [0, 0.05) is 0 Å². The molecule has 2 aliphatic rings. The van der Waals surface area contributed by atoms with E-state index in [1.165, 1.54) is 0 Å². The third kappa shape index (κ3) is 15.6. The van der Waals surface area contributed by atoms with Crippen molar-refractivity contribution in [2.24, 2.45) is 0 Å². The summed E-state index contributed by atoms with van der Waals surface area (Å²) in [6.07, 6.45) is 23.5. The molecule has 3 heteroatoms. The average molecular weight is 403 g/mol. The Balaban J connectivity index is 0. The van der Waals surface area contributed by atoms with E-state index >= 15 is 0 Å². The molecule has 0 aliphatic heterocycles. The van der Waals surface area contributed by atoms with Crippen molar-refractivity contribution in [3.8, 4) is 0 Å². The quantitative estimate of drug-likeness (QED) is 0.458. The number of allylic oxidation sites excluding steroid dienone is 2. The largest absolute Gasteiger partial charge is 4.00 e. The summed E-state index contributed by atoms with van der Waals surface area (Å²) in [5.74, 6) is 0. The van der Waals surface area contributed by atoms with Gasteiger partial charge in [-0.05, 0) is 70.5 Å². The summed E-state index contributed by atoms with van der Waals surface area (Å²) in [4.78, 5) is 10.6. The van der Waals surface area contributed by atoms with Gasteiger partial charge in [0.2, 0.25) is 0 Å². The second-order valence-electron chi connectivity index (χ2n) is 5.94. The van der Waals surface area contributed by atoms with Crippen LogP contribution in [0.4, 0.5) is 0 Å². The number of hydrogen-bond donors (Lipinski definition) is 0. The van der Waals surface area contributed by atoms with Crippen LogP contribution in [-0.4, -0.2) is 11.8 Å². The molecule has 0 saturated heterocycles. The number of rotatable bonds is 4. The molecule has 0 N–H and O–H groups in total. The minimum atomic E-state index is -0.109. The van der Waals surface area contributed by atoms with Gasteiger partial charge in [-0.3, -0.25) is 0 Å². The molecule has 2 nitrogen and oxygen atoms in total. The van der Waals surface area contributed by atoms with Crippen LogP contribution in [-0.2, 0) is 31.0 Å². The maximum absolute atomic E-state index is 10.6. The van der Waals surface area contributed by atoms with Crippen molar-refractivity contribution in [1.82, 2.24) is 0 Å². The third-order valence-corrected chi connectivity index (χ3v) is 2.74. The Bertz CT molecular complexity index is 298. The molecule has 0 bridgehead atoms. The molecule has 0 unspecified atom stereocenters. The Morgan fingerprint density at radius 2 is 1.12 bits per heavy atom. The molecule has 2 rings (SSSR count). The van der Waals surface area contributed by atoms with Gasteiger partial charge in [0.15, 0.2) is 0 Å². The summed E-state index contributed by atoms with van der Waals surface area (Å²) >= 11 is 0. The van der Waals surface area contributed by atoms with Crippen molar-refractivity contribution in [1.29, 1.82) is 0 Å². The maximum Gasteiger partial charge on any atom is 4.00 e. The van der Waals surface area contributed by atoms with E-state index in [2.05, 4.69) is 5.32 Å². The Kier molecular flexibility index (Phi) is 18.2. The molecule has 126 valence electrons. The molecule has 0 aromatic heterocycles. The van der Waals surface area contributed by atoms with Gasteiger partial charge in [0.25, 0.3) is 0 Å². The molecular weight excluding hydrogens is 373 g/mol. The molecule has 0 aromatic rings. The van der Waals surface area contributed by atoms with Crippen LogP contribution in [0.3, 0.4) is 0 Å². The van der Waals surface area contributed by atoms with Crippen molar-refractivity contribution in [3.63, 3.8) is 0 Å². The van der Waals surface area contributed by atoms with Crippen LogP contribution >= 0.6 is 0 Å². The van der Waals surface area contributed by atoms with Crippen LogP contribution < -0.4 is 0 Å². The molecule has 0 aromatic carbocycles. The minimum absolute atomic E-state index is 0. The average Bonchev–Trinajstić information content (AvgIpc) is 3.23. The zero-order valence-electron chi connectivity index (χ0n) is 15.5. The fraction of sp³-hybridized carbons (Fsp3) is 0.381. The van der Waals surface area contributed by atoms with Crippen molar-refractivity contribution < 1.29 is 31.0 Å². The SMILES string of the molecule is CC/C([C-]=O)=C(\CC)[N-]C(C)(C)C.[CH]1[CH][CH][CH][CH]1.[CH]1[CH][CH][CH][CH]1.[Zr+4]. The first-order valence-electron chi connectivity index (χ1n) is 8.11. The van der Waals surface area contributed by atoms with Gasteiger partial charge >= 0.3 is 26.2 Å². The summed E-state index contributed by atoms with van der Waals surface area (Å²) in [6, 6.07) is 0.